The van der Waals surface area contributed by atoms with Crippen molar-refractivity contribution in [3.05, 3.63) is 42.2 Å². The smallest absolute Gasteiger partial charge is 0.376 e. The molecular formula is C17H19F3N4O2. The Bertz CT molecular complexity index is 754. The lowest BCUT2D eigenvalue weighted by molar-refractivity contribution is -0.137. The van der Waals surface area contributed by atoms with E-state index in [9.17, 15) is 18.0 Å². The number of alkyl halides is 3. The van der Waals surface area contributed by atoms with Gasteiger partial charge in [0.25, 0.3) is 0 Å². The molecule has 26 heavy (non-hydrogen) atoms. The number of halogens is 3. The van der Waals surface area contributed by atoms with E-state index in [2.05, 4.69) is 15.7 Å². The second kappa shape index (κ2) is 7.77. The summed E-state index contributed by atoms with van der Waals surface area (Å²) in [6.45, 7) is 1.34. The highest BCUT2D eigenvalue weighted by molar-refractivity contribution is 5.99. The normalized spacial score (nSPS) is 17.7. The first-order chi connectivity index (χ1) is 12.4. The van der Waals surface area contributed by atoms with E-state index in [4.69, 9.17) is 4.74 Å². The molecule has 0 bridgehead atoms. The van der Waals surface area contributed by atoms with Crippen LogP contribution in [-0.2, 0) is 17.5 Å². The van der Waals surface area contributed by atoms with Gasteiger partial charge in [-0.1, -0.05) is 6.07 Å². The zero-order valence-corrected chi connectivity index (χ0v) is 13.9. The molecular weight excluding hydrogens is 349 g/mol. The summed E-state index contributed by atoms with van der Waals surface area (Å²) in [6, 6.07) is 3.81. The van der Waals surface area contributed by atoms with E-state index in [-0.39, 0.29) is 11.8 Å². The van der Waals surface area contributed by atoms with E-state index in [1.807, 2.05) is 0 Å². The first-order valence-corrected chi connectivity index (χ1v) is 8.29. The van der Waals surface area contributed by atoms with E-state index in [1.54, 1.807) is 10.9 Å². The maximum atomic E-state index is 12.7. The van der Waals surface area contributed by atoms with Crippen LogP contribution in [0.3, 0.4) is 0 Å². The van der Waals surface area contributed by atoms with Gasteiger partial charge in [-0.25, -0.2) is 4.79 Å². The number of hydrogen-bond acceptors (Lipinski definition) is 3. The van der Waals surface area contributed by atoms with Crippen molar-refractivity contribution in [3.63, 3.8) is 0 Å². The minimum Gasteiger partial charge on any atom is -0.376 e. The third-order valence-electron chi connectivity index (χ3n) is 4.00. The van der Waals surface area contributed by atoms with Gasteiger partial charge >= 0.3 is 12.2 Å². The molecule has 2 amide bonds. The van der Waals surface area contributed by atoms with Gasteiger partial charge in [-0.2, -0.15) is 18.3 Å². The quantitative estimate of drug-likeness (QED) is 0.853. The number of rotatable bonds is 4. The number of aromatic nitrogens is 2. The highest BCUT2D eigenvalue weighted by Gasteiger charge is 2.30. The molecule has 0 spiro atoms. The van der Waals surface area contributed by atoms with Crippen LogP contribution in [0.2, 0.25) is 0 Å². The summed E-state index contributed by atoms with van der Waals surface area (Å²) in [6.07, 6.45) is 1.94. The molecule has 140 valence electrons. The predicted molar refractivity (Wildman–Crippen MR) is 89.9 cm³/mol. The third kappa shape index (κ3) is 4.98. The monoisotopic (exact) mass is 368 g/mol. The average Bonchev–Trinajstić information content (AvgIpc) is 3.02. The fraction of sp³-hybridized carbons (Fsp3) is 0.412. The molecule has 3 rings (SSSR count). The van der Waals surface area contributed by atoms with E-state index < -0.39 is 17.8 Å². The molecule has 1 aromatic carbocycles. The summed E-state index contributed by atoms with van der Waals surface area (Å²) in [5.74, 6) is 0. The minimum absolute atomic E-state index is 0.0559. The van der Waals surface area contributed by atoms with Crippen LogP contribution in [0, 0.1) is 0 Å². The number of anilines is 2. The van der Waals surface area contributed by atoms with Crippen LogP contribution in [-0.4, -0.2) is 28.5 Å². The van der Waals surface area contributed by atoms with Gasteiger partial charge in [-0.3, -0.25) is 4.68 Å². The van der Waals surface area contributed by atoms with Crippen LogP contribution in [0.5, 0.6) is 0 Å². The molecule has 2 N–H and O–H groups in total. The standard InChI is InChI=1S/C17H19F3N4O2/c18-17(19,20)12-4-3-5-13(8-12)22-16(25)23-14-9-21-24(10-14)11-15-6-1-2-7-26-15/h3-5,8-10,15H,1-2,6-7,11H2,(H2,22,23,25)/t15-/m0/s1. The van der Waals surface area contributed by atoms with Crippen molar-refractivity contribution in [2.24, 2.45) is 0 Å². The molecule has 6 nitrogen and oxygen atoms in total. The van der Waals surface area contributed by atoms with Gasteiger partial charge in [0.1, 0.15) is 0 Å². The fourth-order valence-electron chi connectivity index (χ4n) is 2.75. The second-order valence-corrected chi connectivity index (χ2v) is 6.10. The molecule has 0 radical (unpaired) electrons. The van der Waals surface area contributed by atoms with Crippen molar-refractivity contribution in [1.82, 2.24) is 9.78 Å². The molecule has 1 aliphatic rings. The number of carbonyl (C=O) groups excluding carboxylic acids is 1. The molecule has 1 aromatic heterocycles. The zero-order valence-electron chi connectivity index (χ0n) is 13.9. The van der Waals surface area contributed by atoms with Crippen molar-refractivity contribution in [1.29, 1.82) is 0 Å². The number of nitrogens with zero attached hydrogens (tertiary/aromatic N) is 2. The number of ether oxygens (including phenoxy) is 1. The topological polar surface area (TPSA) is 68.2 Å². The molecule has 9 heteroatoms. The Balaban J connectivity index is 1.55. The summed E-state index contributed by atoms with van der Waals surface area (Å²) in [4.78, 5) is 12.0. The van der Waals surface area contributed by atoms with Crippen molar-refractivity contribution in [3.8, 4) is 0 Å². The van der Waals surface area contributed by atoms with Crippen molar-refractivity contribution in [2.45, 2.75) is 38.1 Å². The van der Waals surface area contributed by atoms with Gasteiger partial charge in [-0.05, 0) is 37.5 Å². The number of benzene rings is 1. The maximum Gasteiger partial charge on any atom is 0.416 e. The molecule has 2 heterocycles. The summed E-state index contributed by atoms with van der Waals surface area (Å²) in [5.41, 5.74) is -0.318. The van der Waals surface area contributed by atoms with Gasteiger partial charge in [0.2, 0.25) is 0 Å². The lowest BCUT2D eigenvalue weighted by Gasteiger charge is -2.22. The number of nitrogens with one attached hydrogen (secondary N) is 2. The largest absolute Gasteiger partial charge is 0.416 e. The highest BCUT2D eigenvalue weighted by atomic mass is 19.4. The molecule has 1 atom stereocenters. The maximum absolute atomic E-state index is 12.7. The third-order valence-corrected chi connectivity index (χ3v) is 4.00. The van der Waals surface area contributed by atoms with Gasteiger partial charge < -0.3 is 15.4 Å². The lowest BCUT2D eigenvalue weighted by Crippen LogP contribution is -2.24. The second-order valence-electron chi connectivity index (χ2n) is 6.10. The number of carbonyl (C=O) groups is 1. The Morgan fingerprint density at radius 3 is 2.81 bits per heavy atom. The molecule has 2 aromatic rings. The van der Waals surface area contributed by atoms with Gasteiger partial charge in [0.15, 0.2) is 0 Å². The number of hydrogen-bond donors (Lipinski definition) is 2. The van der Waals surface area contributed by atoms with E-state index in [1.165, 1.54) is 18.3 Å². The van der Waals surface area contributed by atoms with Crippen LogP contribution >= 0.6 is 0 Å². The van der Waals surface area contributed by atoms with Crippen LogP contribution < -0.4 is 10.6 Å². The Morgan fingerprint density at radius 1 is 1.27 bits per heavy atom. The van der Waals surface area contributed by atoms with Crippen molar-refractivity contribution < 1.29 is 22.7 Å². The Morgan fingerprint density at radius 2 is 2.08 bits per heavy atom. The van der Waals surface area contributed by atoms with Gasteiger partial charge in [0.05, 0.1) is 30.1 Å². The molecule has 0 unspecified atom stereocenters. The van der Waals surface area contributed by atoms with Crippen molar-refractivity contribution in [2.75, 3.05) is 17.2 Å². The predicted octanol–water partition coefficient (Wildman–Crippen LogP) is 4.12. The summed E-state index contributed by atoms with van der Waals surface area (Å²) in [5, 5.41) is 9.09. The highest BCUT2D eigenvalue weighted by Crippen LogP contribution is 2.30. The van der Waals surface area contributed by atoms with E-state index in [0.29, 0.717) is 12.2 Å². The van der Waals surface area contributed by atoms with Crippen LogP contribution in [0.15, 0.2) is 36.7 Å². The lowest BCUT2D eigenvalue weighted by atomic mass is 10.1. The summed E-state index contributed by atoms with van der Waals surface area (Å²) >= 11 is 0. The number of amides is 2. The Labute approximate surface area is 148 Å². The molecule has 0 saturated carbocycles. The number of urea groups is 1. The first-order valence-electron chi connectivity index (χ1n) is 8.29. The van der Waals surface area contributed by atoms with E-state index in [0.717, 1.165) is 38.0 Å². The van der Waals surface area contributed by atoms with Gasteiger partial charge in [-0.15, -0.1) is 0 Å². The minimum atomic E-state index is -4.46. The summed E-state index contributed by atoms with van der Waals surface area (Å²) in [7, 11) is 0. The molecule has 0 aliphatic carbocycles. The Hall–Kier alpha value is -2.55. The first kappa shape index (κ1) is 18.2. The average molecular weight is 368 g/mol. The molecule has 1 aliphatic heterocycles. The SMILES string of the molecule is O=C(Nc1cccc(C(F)(F)F)c1)Nc1cnn(C[C@@H]2CCCCO2)c1. The summed E-state index contributed by atoms with van der Waals surface area (Å²) < 4.78 is 45.4. The van der Waals surface area contributed by atoms with Crippen LogP contribution in [0.4, 0.5) is 29.3 Å². The van der Waals surface area contributed by atoms with Gasteiger partial charge in [0, 0.05) is 18.5 Å². The van der Waals surface area contributed by atoms with Crippen molar-refractivity contribution >= 4 is 17.4 Å². The fourth-order valence-corrected chi connectivity index (χ4v) is 2.75. The Kier molecular flexibility index (Phi) is 5.46. The molecule has 1 saturated heterocycles. The zero-order chi connectivity index (χ0) is 18.6. The van der Waals surface area contributed by atoms with E-state index >= 15 is 0 Å². The molecule has 1 fully saturated rings. The van der Waals surface area contributed by atoms with Crippen LogP contribution in [0.25, 0.3) is 0 Å². The van der Waals surface area contributed by atoms with Crippen LogP contribution in [0.1, 0.15) is 24.8 Å².